The van der Waals surface area contributed by atoms with Gasteiger partial charge < -0.3 is 9.84 Å². The number of carboxylic acids is 1. The summed E-state index contributed by atoms with van der Waals surface area (Å²) < 4.78 is 5.50. The average molecular weight is 346 g/mol. The number of carboxylic acid groups (broad SMARTS) is 1. The second-order valence-electron chi connectivity index (χ2n) is 6.13. The zero-order valence-electron chi connectivity index (χ0n) is 14.2. The van der Waals surface area contributed by atoms with Gasteiger partial charge in [0.2, 0.25) is 5.91 Å². The third-order valence-electron chi connectivity index (χ3n) is 3.87. The van der Waals surface area contributed by atoms with Crippen LogP contribution in [0, 0.1) is 11.8 Å². The molecule has 0 heterocycles. The van der Waals surface area contributed by atoms with E-state index < -0.39 is 29.6 Å². The maximum atomic E-state index is 12.2. The smallest absolute Gasteiger partial charge is 0.307 e. The predicted octanol–water partition coefficient (Wildman–Crippen LogP) is 1.90. The molecule has 2 rings (SSSR count). The summed E-state index contributed by atoms with van der Waals surface area (Å²) >= 11 is 0. The first-order valence-electron chi connectivity index (χ1n) is 8.13. The second-order valence-corrected chi connectivity index (χ2v) is 6.13. The molecule has 7 heteroatoms. The Kier molecular flexibility index (Phi) is 6.16. The first-order valence-corrected chi connectivity index (χ1v) is 8.13. The number of hydrazine groups is 1. The molecule has 2 amide bonds. The molecule has 1 aromatic rings. The van der Waals surface area contributed by atoms with Gasteiger partial charge in [0.25, 0.3) is 5.91 Å². The van der Waals surface area contributed by atoms with Gasteiger partial charge in [0.05, 0.1) is 17.9 Å². The number of benzene rings is 1. The SMILES string of the molecule is CC(C)Oc1ccc(C(=O)NNC(=O)[C@H]2CC=CC[C@H]2C(=O)O)cc1. The molecular formula is C18H22N2O5. The number of allylic oxidation sites excluding steroid dienone is 2. The molecule has 3 N–H and O–H groups in total. The van der Waals surface area contributed by atoms with Crippen molar-refractivity contribution in [2.75, 3.05) is 0 Å². The zero-order chi connectivity index (χ0) is 18.4. The van der Waals surface area contributed by atoms with Crippen LogP contribution in [-0.2, 0) is 9.59 Å². The molecule has 0 radical (unpaired) electrons. The topological polar surface area (TPSA) is 105 Å². The number of ether oxygens (including phenoxy) is 1. The Labute approximate surface area is 146 Å². The molecule has 0 aromatic heterocycles. The molecule has 0 unspecified atom stereocenters. The van der Waals surface area contributed by atoms with Gasteiger partial charge in [0.1, 0.15) is 5.75 Å². The molecule has 1 aromatic carbocycles. The van der Waals surface area contributed by atoms with Crippen LogP contribution in [0.1, 0.15) is 37.0 Å². The van der Waals surface area contributed by atoms with Crippen LogP contribution >= 0.6 is 0 Å². The number of hydrogen-bond acceptors (Lipinski definition) is 4. The number of carbonyl (C=O) groups is 3. The van der Waals surface area contributed by atoms with Crippen molar-refractivity contribution in [1.82, 2.24) is 10.9 Å². The van der Waals surface area contributed by atoms with Crippen molar-refractivity contribution in [2.45, 2.75) is 32.8 Å². The number of rotatable bonds is 5. The van der Waals surface area contributed by atoms with E-state index in [2.05, 4.69) is 10.9 Å². The summed E-state index contributed by atoms with van der Waals surface area (Å²) in [6, 6.07) is 6.51. The molecule has 0 spiro atoms. The quantitative estimate of drug-likeness (QED) is 0.558. The van der Waals surface area contributed by atoms with Gasteiger partial charge in [-0.1, -0.05) is 12.2 Å². The van der Waals surface area contributed by atoms with Crippen molar-refractivity contribution in [2.24, 2.45) is 11.8 Å². The van der Waals surface area contributed by atoms with E-state index >= 15 is 0 Å². The van der Waals surface area contributed by atoms with Gasteiger partial charge in [-0.05, 0) is 51.0 Å². The lowest BCUT2D eigenvalue weighted by molar-refractivity contribution is -0.147. The number of nitrogens with one attached hydrogen (secondary N) is 2. The number of aliphatic carboxylic acids is 1. The largest absolute Gasteiger partial charge is 0.491 e. The number of carbonyl (C=O) groups excluding carboxylic acids is 2. The summed E-state index contributed by atoms with van der Waals surface area (Å²) in [4.78, 5) is 35.5. The lowest BCUT2D eigenvalue weighted by Gasteiger charge is -2.24. The highest BCUT2D eigenvalue weighted by Crippen LogP contribution is 2.25. The van der Waals surface area contributed by atoms with Crippen LogP contribution in [0.25, 0.3) is 0 Å². The van der Waals surface area contributed by atoms with E-state index in [0.29, 0.717) is 24.2 Å². The van der Waals surface area contributed by atoms with Crippen molar-refractivity contribution >= 4 is 17.8 Å². The molecule has 1 aliphatic carbocycles. The van der Waals surface area contributed by atoms with Crippen molar-refractivity contribution < 1.29 is 24.2 Å². The number of amides is 2. The van der Waals surface area contributed by atoms with Gasteiger partial charge in [-0.3, -0.25) is 25.2 Å². The molecule has 0 saturated carbocycles. The lowest BCUT2D eigenvalue weighted by Crippen LogP contribution is -2.47. The Balaban J connectivity index is 1.91. The Morgan fingerprint density at radius 1 is 1.04 bits per heavy atom. The molecule has 0 bridgehead atoms. The minimum atomic E-state index is -1.02. The Morgan fingerprint density at radius 2 is 1.64 bits per heavy atom. The predicted molar refractivity (Wildman–Crippen MR) is 90.8 cm³/mol. The van der Waals surface area contributed by atoms with E-state index in [1.54, 1.807) is 36.4 Å². The molecule has 7 nitrogen and oxygen atoms in total. The van der Waals surface area contributed by atoms with Crippen molar-refractivity contribution in [1.29, 1.82) is 0 Å². The minimum Gasteiger partial charge on any atom is -0.491 e. The van der Waals surface area contributed by atoms with Gasteiger partial charge >= 0.3 is 5.97 Å². The fourth-order valence-corrected chi connectivity index (χ4v) is 2.62. The van der Waals surface area contributed by atoms with Gasteiger partial charge in [-0.15, -0.1) is 0 Å². The first kappa shape index (κ1) is 18.5. The molecular weight excluding hydrogens is 324 g/mol. The number of hydrogen-bond donors (Lipinski definition) is 3. The molecule has 0 aliphatic heterocycles. The first-order chi connectivity index (χ1) is 11.9. The maximum Gasteiger partial charge on any atom is 0.307 e. The van der Waals surface area contributed by atoms with E-state index in [1.807, 2.05) is 13.8 Å². The van der Waals surface area contributed by atoms with Crippen LogP contribution in [0.4, 0.5) is 0 Å². The molecule has 0 fully saturated rings. The average Bonchev–Trinajstić information content (AvgIpc) is 2.59. The van der Waals surface area contributed by atoms with Crippen LogP contribution in [0.3, 0.4) is 0 Å². The van der Waals surface area contributed by atoms with E-state index in [-0.39, 0.29) is 6.10 Å². The summed E-state index contributed by atoms with van der Waals surface area (Å²) in [6.45, 7) is 3.81. The third-order valence-corrected chi connectivity index (χ3v) is 3.87. The lowest BCUT2D eigenvalue weighted by atomic mass is 9.82. The summed E-state index contributed by atoms with van der Waals surface area (Å²) in [7, 11) is 0. The summed E-state index contributed by atoms with van der Waals surface area (Å²) in [5.74, 6) is -2.85. The van der Waals surface area contributed by atoms with Gasteiger partial charge in [0.15, 0.2) is 0 Å². The molecule has 1 aliphatic rings. The third kappa shape index (κ3) is 5.07. The summed E-state index contributed by atoms with van der Waals surface area (Å²) in [5.41, 5.74) is 4.99. The second kappa shape index (κ2) is 8.32. The van der Waals surface area contributed by atoms with Crippen LogP contribution in [0.2, 0.25) is 0 Å². The van der Waals surface area contributed by atoms with E-state index in [4.69, 9.17) is 4.74 Å². The molecule has 2 atom stereocenters. The highest BCUT2D eigenvalue weighted by Gasteiger charge is 2.34. The minimum absolute atomic E-state index is 0.0330. The fraction of sp³-hybridized carbons (Fsp3) is 0.389. The Morgan fingerprint density at radius 3 is 2.20 bits per heavy atom. The standard InChI is InChI=1S/C18H22N2O5/c1-11(2)25-13-9-7-12(8-10-13)16(21)19-20-17(22)14-5-3-4-6-15(14)18(23)24/h3-4,7-11,14-15H,5-6H2,1-2H3,(H,19,21)(H,20,22)(H,23,24)/t14-,15+/m0/s1. The van der Waals surface area contributed by atoms with Gasteiger partial charge in [-0.25, -0.2) is 0 Å². The zero-order valence-corrected chi connectivity index (χ0v) is 14.2. The van der Waals surface area contributed by atoms with E-state index in [1.165, 1.54) is 0 Å². The summed E-state index contributed by atoms with van der Waals surface area (Å²) in [5, 5.41) is 9.19. The van der Waals surface area contributed by atoms with E-state index in [0.717, 1.165) is 0 Å². The van der Waals surface area contributed by atoms with Gasteiger partial charge in [-0.2, -0.15) is 0 Å². The van der Waals surface area contributed by atoms with Gasteiger partial charge in [0, 0.05) is 5.56 Å². The van der Waals surface area contributed by atoms with Crippen LogP contribution in [0.15, 0.2) is 36.4 Å². The highest BCUT2D eigenvalue weighted by atomic mass is 16.5. The normalized spacial score (nSPS) is 19.3. The van der Waals surface area contributed by atoms with Crippen molar-refractivity contribution in [3.05, 3.63) is 42.0 Å². The van der Waals surface area contributed by atoms with Crippen LogP contribution in [-0.4, -0.2) is 29.0 Å². The maximum absolute atomic E-state index is 12.2. The molecule has 25 heavy (non-hydrogen) atoms. The van der Waals surface area contributed by atoms with E-state index in [9.17, 15) is 19.5 Å². The Hall–Kier alpha value is -2.83. The highest BCUT2D eigenvalue weighted by molar-refractivity contribution is 5.96. The molecule has 0 saturated heterocycles. The van der Waals surface area contributed by atoms with Crippen LogP contribution < -0.4 is 15.6 Å². The molecule has 134 valence electrons. The Bertz CT molecular complexity index is 667. The summed E-state index contributed by atoms with van der Waals surface area (Å²) in [6.07, 6.45) is 4.20. The monoisotopic (exact) mass is 346 g/mol. The van der Waals surface area contributed by atoms with Crippen LogP contribution in [0.5, 0.6) is 5.75 Å². The van der Waals surface area contributed by atoms with Crippen molar-refractivity contribution in [3.63, 3.8) is 0 Å². The fourth-order valence-electron chi connectivity index (χ4n) is 2.62. The van der Waals surface area contributed by atoms with Crippen molar-refractivity contribution in [3.8, 4) is 5.75 Å².